The molecule has 2 aliphatic heterocycles. The van der Waals surface area contributed by atoms with Crippen LogP contribution in [-0.2, 0) is 6.42 Å². The predicted molar refractivity (Wildman–Crippen MR) is 148 cm³/mol. The maximum atomic E-state index is 6.61. The van der Waals surface area contributed by atoms with Crippen molar-refractivity contribution >= 4 is 52.2 Å². The number of anilines is 4. The maximum absolute atomic E-state index is 6.61. The van der Waals surface area contributed by atoms with Crippen molar-refractivity contribution in [3.8, 4) is 11.1 Å². The van der Waals surface area contributed by atoms with Crippen LogP contribution in [0.1, 0.15) is 25.2 Å². The van der Waals surface area contributed by atoms with Crippen molar-refractivity contribution in [2.75, 3.05) is 9.62 Å². The van der Waals surface area contributed by atoms with Gasteiger partial charge in [0.2, 0.25) is 0 Å². The van der Waals surface area contributed by atoms with Gasteiger partial charge >= 0.3 is 6.98 Å². The minimum atomic E-state index is 0.0339. The number of benzene rings is 4. The van der Waals surface area contributed by atoms with Crippen molar-refractivity contribution in [3.63, 3.8) is 0 Å². The smallest absolute Gasteiger partial charge is 0.421 e. The van der Waals surface area contributed by atoms with E-state index in [1.165, 1.54) is 50.3 Å². The molecular formula is C31H25BN2O. The number of allylic oxidation sites excluding steroid dienone is 1. The van der Waals surface area contributed by atoms with E-state index in [1.807, 2.05) is 0 Å². The monoisotopic (exact) mass is 452 g/mol. The Balaban J connectivity index is 1.57. The van der Waals surface area contributed by atoms with Gasteiger partial charge < -0.3 is 14.0 Å². The van der Waals surface area contributed by atoms with Gasteiger partial charge in [0, 0.05) is 34.3 Å². The summed E-state index contributed by atoms with van der Waals surface area (Å²) in [7, 11) is 0. The van der Waals surface area contributed by atoms with Crippen LogP contribution in [0.2, 0.25) is 0 Å². The van der Waals surface area contributed by atoms with Gasteiger partial charge in [-0.3, -0.25) is 0 Å². The summed E-state index contributed by atoms with van der Waals surface area (Å²) in [5, 5.41) is 1.18. The first-order valence-electron chi connectivity index (χ1n) is 12.3. The van der Waals surface area contributed by atoms with Gasteiger partial charge in [-0.05, 0) is 54.3 Å². The Hall–Kier alpha value is -4.18. The van der Waals surface area contributed by atoms with Crippen molar-refractivity contribution in [1.82, 2.24) is 0 Å². The van der Waals surface area contributed by atoms with Crippen LogP contribution in [0.3, 0.4) is 0 Å². The highest BCUT2D eigenvalue weighted by Gasteiger charge is 2.48. The van der Waals surface area contributed by atoms with Gasteiger partial charge in [0.25, 0.3) is 0 Å². The fourth-order valence-corrected chi connectivity index (χ4v) is 5.90. The summed E-state index contributed by atoms with van der Waals surface area (Å²) < 4.78 is 6.61. The van der Waals surface area contributed by atoms with Crippen molar-refractivity contribution in [2.45, 2.75) is 20.3 Å². The molecule has 0 N–H and O–H groups in total. The highest BCUT2D eigenvalue weighted by Crippen LogP contribution is 2.52. The van der Waals surface area contributed by atoms with Crippen molar-refractivity contribution in [2.24, 2.45) is 0 Å². The predicted octanol–water partition coefficient (Wildman–Crippen LogP) is 7.69. The number of hydrogen-bond acceptors (Lipinski definition) is 3. The summed E-state index contributed by atoms with van der Waals surface area (Å²) >= 11 is 0. The number of hydrogen-bond donors (Lipinski definition) is 0. The number of rotatable bonds is 3. The average Bonchev–Trinajstić information content (AvgIpc) is 3.45. The lowest BCUT2D eigenvalue weighted by Gasteiger charge is -2.36. The molecule has 0 saturated heterocycles. The molecule has 3 heterocycles. The first-order chi connectivity index (χ1) is 17.3. The van der Waals surface area contributed by atoms with Crippen molar-refractivity contribution in [3.05, 3.63) is 108 Å². The molecule has 2 aliphatic rings. The summed E-state index contributed by atoms with van der Waals surface area (Å²) in [6.07, 6.45) is 5.14. The third-order valence-corrected chi connectivity index (χ3v) is 7.30. The highest BCUT2D eigenvalue weighted by atomic mass is 16.3. The van der Waals surface area contributed by atoms with Crippen LogP contribution < -0.4 is 15.1 Å². The number of aryl methyl sites for hydroxylation is 1. The maximum Gasteiger partial charge on any atom is 0.421 e. The summed E-state index contributed by atoms with van der Waals surface area (Å²) in [6.45, 7) is 4.26. The lowest BCUT2D eigenvalue weighted by Crippen LogP contribution is -2.55. The Labute approximate surface area is 206 Å². The summed E-state index contributed by atoms with van der Waals surface area (Å²) in [4.78, 5) is 4.95. The number of fused-ring (bicyclic) bond motifs is 10. The standard InChI is InChI=1S/C31H25BN2O/c1-3-12-22-23-19-20-28-30(31(23)35-29(22)4-2)24-15-8-9-16-25(24)32-33(21-13-6-5-7-14-21)26-17-10-11-18-27(26)34(28)32/h3,5-20H,4H2,1-2H3/b12-3-. The van der Waals surface area contributed by atoms with Crippen LogP contribution in [0.4, 0.5) is 22.7 Å². The second-order valence-electron chi connectivity index (χ2n) is 9.15. The lowest BCUT2D eigenvalue weighted by atomic mass is 9.59. The number of para-hydroxylation sites is 3. The molecule has 7 rings (SSSR count). The summed E-state index contributed by atoms with van der Waals surface area (Å²) in [6, 6.07) is 32.8. The first kappa shape index (κ1) is 20.2. The zero-order valence-corrected chi connectivity index (χ0v) is 19.9. The zero-order valence-electron chi connectivity index (χ0n) is 19.9. The molecule has 35 heavy (non-hydrogen) atoms. The van der Waals surface area contributed by atoms with Gasteiger partial charge in [0.1, 0.15) is 11.3 Å². The van der Waals surface area contributed by atoms with Crippen LogP contribution in [-0.4, -0.2) is 6.98 Å². The fourth-order valence-electron chi connectivity index (χ4n) is 5.90. The molecule has 5 aromatic rings. The lowest BCUT2D eigenvalue weighted by molar-refractivity contribution is 0.557. The molecule has 0 unspecified atom stereocenters. The SMILES string of the molecule is C/C=C\c1c(CC)oc2c3c(ccc12)N1B(c2ccccc2-3)N(c2ccccc2)c2ccccc21. The Bertz CT molecular complexity index is 1620. The van der Waals surface area contributed by atoms with Crippen LogP contribution >= 0.6 is 0 Å². The normalized spacial score (nSPS) is 13.8. The molecule has 1 aromatic heterocycles. The second kappa shape index (κ2) is 7.67. The Kier molecular flexibility index (Phi) is 4.43. The van der Waals surface area contributed by atoms with Crippen LogP contribution in [0, 0.1) is 0 Å². The average molecular weight is 452 g/mol. The van der Waals surface area contributed by atoms with E-state index in [4.69, 9.17) is 4.42 Å². The van der Waals surface area contributed by atoms with Gasteiger partial charge in [-0.1, -0.05) is 73.7 Å². The molecule has 4 heteroatoms. The van der Waals surface area contributed by atoms with E-state index in [1.54, 1.807) is 0 Å². The van der Waals surface area contributed by atoms with Gasteiger partial charge in [0.15, 0.2) is 0 Å². The summed E-state index contributed by atoms with van der Waals surface area (Å²) in [5.74, 6) is 1.04. The van der Waals surface area contributed by atoms with E-state index >= 15 is 0 Å². The molecule has 0 radical (unpaired) electrons. The topological polar surface area (TPSA) is 19.6 Å². The minimum Gasteiger partial charge on any atom is -0.460 e. The molecule has 4 aromatic carbocycles. The minimum absolute atomic E-state index is 0.0339. The third kappa shape index (κ3) is 2.74. The molecule has 0 fully saturated rings. The molecule has 0 saturated carbocycles. The molecule has 3 nitrogen and oxygen atoms in total. The van der Waals surface area contributed by atoms with E-state index in [9.17, 15) is 0 Å². The van der Waals surface area contributed by atoms with Crippen LogP contribution in [0.5, 0.6) is 0 Å². The molecule has 0 aliphatic carbocycles. The molecule has 0 bridgehead atoms. The van der Waals surface area contributed by atoms with E-state index < -0.39 is 0 Å². The van der Waals surface area contributed by atoms with Gasteiger partial charge in [0.05, 0.1) is 11.4 Å². The van der Waals surface area contributed by atoms with E-state index in [0.717, 1.165) is 17.8 Å². The summed E-state index contributed by atoms with van der Waals surface area (Å²) in [5.41, 5.74) is 10.7. The van der Waals surface area contributed by atoms with Gasteiger partial charge in [-0.2, -0.15) is 0 Å². The van der Waals surface area contributed by atoms with Crippen LogP contribution in [0.25, 0.3) is 28.2 Å². The quantitative estimate of drug-likeness (QED) is 0.262. The van der Waals surface area contributed by atoms with Crippen molar-refractivity contribution < 1.29 is 4.42 Å². The molecule has 168 valence electrons. The Morgan fingerprint density at radius 2 is 1.49 bits per heavy atom. The molecule has 0 atom stereocenters. The largest absolute Gasteiger partial charge is 0.460 e. The first-order valence-corrected chi connectivity index (χ1v) is 12.3. The van der Waals surface area contributed by atoms with Crippen LogP contribution in [0.15, 0.2) is 101 Å². The van der Waals surface area contributed by atoms with E-state index in [0.29, 0.717) is 0 Å². The molecule has 0 amide bonds. The zero-order chi connectivity index (χ0) is 23.5. The number of furan rings is 1. The second-order valence-corrected chi connectivity index (χ2v) is 9.15. The Morgan fingerprint density at radius 3 is 2.26 bits per heavy atom. The van der Waals surface area contributed by atoms with Crippen molar-refractivity contribution in [1.29, 1.82) is 0 Å². The highest BCUT2D eigenvalue weighted by molar-refractivity contribution is 6.86. The third-order valence-electron chi connectivity index (χ3n) is 7.30. The van der Waals surface area contributed by atoms with Gasteiger partial charge in [-0.15, -0.1) is 0 Å². The Morgan fingerprint density at radius 1 is 0.771 bits per heavy atom. The van der Waals surface area contributed by atoms with E-state index in [-0.39, 0.29) is 6.98 Å². The van der Waals surface area contributed by atoms with E-state index in [2.05, 4.69) is 127 Å². The van der Waals surface area contributed by atoms with Gasteiger partial charge in [-0.25, -0.2) is 0 Å². The molecule has 0 spiro atoms. The molecular weight excluding hydrogens is 427 g/mol. The fraction of sp³-hybridized carbons (Fsp3) is 0.0968. The number of nitrogens with zero attached hydrogens (tertiary/aromatic N) is 2.